The van der Waals surface area contributed by atoms with Gasteiger partial charge in [-0.15, -0.1) is 0 Å². The van der Waals surface area contributed by atoms with E-state index in [2.05, 4.69) is 16.8 Å². The Morgan fingerprint density at radius 2 is 1.76 bits per heavy atom. The maximum absolute atomic E-state index is 12.1. The van der Waals surface area contributed by atoms with Crippen molar-refractivity contribution in [3.8, 4) is 0 Å². The standard InChI is InChI=1S/C14H26N2O/c1-15-10-6-3-7-13(15)8-9-14(17)16-11-4-2-5-12-16/h13H,2-12H2,1H3. The smallest absolute Gasteiger partial charge is 0.222 e. The van der Waals surface area contributed by atoms with Crippen LogP contribution < -0.4 is 0 Å². The third kappa shape index (κ3) is 3.70. The van der Waals surface area contributed by atoms with E-state index in [-0.39, 0.29) is 0 Å². The van der Waals surface area contributed by atoms with Gasteiger partial charge >= 0.3 is 0 Å². The normalized spacial score (nSPS) is 27.1. The zero-order valence-corrected chi connectivity index (χ0v) is 11.2. The molecule has 0 aromatic heterocycles. The summed E-state index contributed by atoms with van der Waals surface area (Å²) in [6.07, 6.45) is 9.48. The molecule has 2 aliphatic heterocycles. The van der Waals surface area contributed by atoms with E-state index in [1.165, 1.54) is 45.1 Å². The first kappa shape index (κ1) is 12.9. The van der Waals surface area contributed by atoms with Gasteiger partial charge in [0.15, 0.2) is 0 Å². The van der Waals surface area contributed by atoms with Gasteiger partial charge in [0, 0.05) is 25.6 Å². The molecule has 1 atom stereocenters. The molecule has 1 amide bonds. The predicted octanol–water partition coefficient (Wildman–Crippen LogP) is 2.26. The average molecular weight is 238 g/mol. The summed E-state index contributed by atoms with van der Waals surface area (Å²) in [6, 6.07) is 0.650. The highest BCUT2D eigenvalue weighted by molar-refractivity contribution is 5.76. The number of piperidine rings is 2. The van der Waals surface area contributed by atoms with Crippen molar-refractivity contribution in [3.05, 3.63) is 0 Å². The van der Waals surface area contributed by atoms with Gasteiger partial charge in [-0.1, -0.05) is 6.42 Å². The fraction of sp³-hybridized carbons (Fsp3) is 0.929. The maximum Gasteiger partial charge on any atom is 0.222 e. The van der Waals surface area contributed by atoms with Crippen molar-refractivity contribution in [2.24, 2.45) is 0 Å². The van der Waals surface area contributed by atoms with Gasteiger partial charge in [0.05, 0.1) is 0 Å². The lowest BCUT2D eigenvalue weighted by molar-refractivity contribution is -0.132. The lowest BCUT2D eigenvalue weighted by atomic mass is 9.98. The van der Waals surface area contributed by atoms with Gasteiger partial charge < -0.3 is 9.80 Å². The van der Waals surface area contributed by atoms with Crippen LogP contribution in [0.1, 0.15) is 51.4 Å². The Morgan fingerprint density at radius 1 is 1.06 bits per heavy atom. The lowest BCUT2D eigenvalue weighted by Gasteiger charge is -2.33. The first-order valence-corrected chi connectivity index (χ1v) is 7.25. The molecule has 0 saturated carbocycles. The fourth-order valence-electron chi connectivity index (χ4n) is 3.10. The van der Waals surface area contributed by atoms with E-state index in [9.17, 15) is 4.79 Å². The SMILES string of the molecule is CN1CCCCC1CCC(=O)N1CCCCC1. The second-order valence-electron chi connectivity index (χ2n) is 5.61. The van der Waals surface area contributed by atoms with Crippen LogP contribution in [0.5, 0.6) is 0 Å². The van der Waals surface area contributed by atoms with Crippen LogP contribution in [0, 0.1) is 0 Å². The molecule has 2 fully saturated rings. The maximum atomic E-state index is 12.1. The number of rotatable bonds is 3. The quantitative estimate of drug-likeness (QED) is 0.753. The van der Waals surface area contributed by atoms with Crippen LogP contribution in [-0.4, -0.2) is 48.4 Å². The summed E-state index contributed by atoms with van der Waals surface area (Å²) in [5.74, 6) is 0.392. The number of nitrogens with zero attached hydrogens (tertiary/aromatic N) is 2. The highest BCUT2D eigenvalue weighted by Crippen LogP contribution is 2.20. The molecule has 2 heterocycles. The molecule has 0 aliphatic carbocycles. The predicted molar refractivity (Wildman–Crippen MR) is 69.9 cm³/mol. The van der Waals surface area contributed by atoms with Crippen LogP contribution >= 0.6 is 0 Å². The fourth-order valence-corrected chi connectivity index (χ4v) is 3.10. The van der Waals surface area contributed by atoms with Crippen molar-refractivity contribution in [3.63, 3.8) is 0 Å². The van der Waals surface area contributed by atoms with Crippen molar-refractivity contribution < 1.29 is 4.79 Å². The van der Waals surface area contributed by atoms with Gasteiger partial charge in [0.1, 0.15) is 0 Å². The minimum atomic E-state index is 0.392. The first-order valence-electron chi connectivity index (χ1n) is 7.25. The topological polar surface area (TPSA) is 23.6 Å². The molecule has 0 bridgehead atoms. The molecule has 0 spiro atoms. The molecule has 2 rings (SSSR count). The lowest BCUT2D eigenvalue weighted by Crippen LogP contribution is -2.39. The first-order chi connectivity index (χ1) is 8.27. The molecule has 3 nitrogen and oxygen atoms in total. The van der Waals surface area contributed by atoms with E-state index < -0.39 is 0 Å². The number of carbonyl (C=O) groups excluding carboxylic acids is 1. The van der Waals surface area contributed by atoms with Crippen molar-refractivity contribution in [2.75, 3.05) is 26.7 Å². The minimum absolute atomic E-state index is 0.392. The number of likely N-dealkylation sites (tertiary alicyclic amines) is 2. The highest BCUT2D eigenvalue weighted by Gasteiger charge is 2.22. The van der Waals surface area contributed by atoms with Gasteiger partial charge in [-0.3, -0.25) is 4.79 Å². The molecule has 0 aromatic carbocycles. The second-order valence-corrected chi connectivity index (χ2v) is 5.61. The number of hydrogen-bond acceptors (Lipinski definition) is 2. The van der Waals surface area contributed by atoms with Crippen LogP contribution in [0.25, 0.3) is 0 Å². The molecule has 0 aromatic rings. The number of carbonyl (C=O) groups is 1. The van der Waals surface area contributed by atoms with Crippen molar-refractivity contribution in [2.45, 2.75) is 57.4 Å². The van der Waals surface area contributed by atoms with Gasteiger partial charge in [-0.05, 0) is 52.1 Å². The highest BCUT2D eigenvalue weighted by atomic mass is 16.2. The molecule has 3 heteroatoms. The van der Waals surface area contributed by atoms with E-state index in [4.69, 9.17) is 0 Å². The largest absolute Gasteiger partial charge is 0.343 e. The Hall–Kier alpha value is -0.570. The summed E-state index contributed by atoms with van der Waals surface area (Å²) in [5, 5.41) is 0. The van der Waals surface area contributed by atoms with Gasteiger partial charge in [-0.25, -0.2) is 0 Å². The Balaban J connectivity index is 1.71. The second kappa shape index (κ2) is 6.39. The van der Waals surface area contributed by atoms with E-state index in [0.717, 1.165) is 25.9 Å². The van der Waals surface area contributed by atoms with Crippen molar-refractivity contribution in [1.82, 2.24) is 9.80 Å². The van der Waals surface area contributed by atoms with Crippen LogP contribution in [-0.2, 0) is 4.79 Å². The molecule has 1 unspecified atom stereocenters. The Morgan fingerprint density at radius 3 is 2.47 bits per heavy atom. The zero-order valence-electron chi connectivity index (χ0n) is 11.2. The molecule has 0 N–H and O–H groups in total. The van der Waals surface area contributed by atoms with Gasteiger partial charge in [0.25, 0.3) is 0 Å². The van der Waals surface area contributed by atoms with Crippen molar-refractivity contribution in [1.29, 1.82) is 0 Å². The summed E-state index contributed by atoms with van der Waals surface area (Å²) in [6.45, 7) is 3.21. The summed E-state index contributed by atoms with van der Waals surface area (Å²) in [5.41, 5.74) is 0. The van der Waals surface area contributed by atoms with Crippen LogP contribution in [0.2, 0.25) is 0 Å². The van der Waals surface area contributed by atoms with E-state index >= 15 is 0 Å². The van der Waals surface area contributed by atoms with Crippen LogP contribution in [0.4, 0.5) is 0 Å². The summed E-state index contributed by atoms with van der Waals surface area (Å²) in [7, 11) is 2.20. The molecule has 17 heavy (non-hydrogen) atoms. The summed E-state index contributed by atoms with van der Waals surface area (Å²) >= 11 is 0. The summed E-state index contributed by atoms with van der Waals surface area (Å²) in [4.78, 5) is 16.6. The zero-order chi connectivity index (χ0) is 12.1. The number of hydrogen-bond donors (Lipinski definition) is 0. The molecule has 2 saturated heterocycles. The Kier molecular flexibility index (Phi) is 4.84. The Labute approximate surface area is 105 Å². The monoisotopic (exact) mass is 238 g/mol. The Bertz CT molecular complexity index is 249. The molecule has 0 radical (unpaired) electrons. The molecule has 2 aliphatic rings. The molecular formula is C14H26N2O. The average Bonchev–Trinajstić information content (AvgIpc) is 2.38. The van der Waals surface area contributed by atoms with E-state index in [1.54, 1.807) is 0 Å². The van der Waals surface area contributed by atoms with Gasteiger partial charge in [0.2, 0.25) is 5.91 Å². The minimum Gasteiger partial charge on any atom is -0.343 e. The van der Waals surface area contributed by atoms with Crippen molar-refractivity contribution >= 4 is 5.91 Å². The van der Waals surface area contributed by atoms with E-state index in [1.807, 2.05) is 0 Å². The van der Waals surface area contributed by atoms with E-state index in [0.29, 0.717) is 11.9 Å². The van der Waals surface area contributed by atoms with Crippen LogP contribution in [0.15, 0.2) is 0 Å². The van der Waals surface area contributed by atoms with Crippen LogP contribution in [0.3, 0.4) is 0 Å². The third-order valence-corrected chi connectivity index (χ3v) is 4.32. The summed E-state index contributed by atoms with van der Waals surface area (Å²) < 4.78 is 0. The molecule has 98 valence electrons. The molecular weight excluding hydrogens is 212 g/mol. The van der Waals surface area contributed by atoms with Gasteiger partial charge in [-0.2, -0.15) is 0 Å². The third-order valence-electron chi connectivity index (χ3n) is 4.32. The number of amides is 1.